The second kappa shape index (κ2) is 10.1. The molecule has 0 aromatic carbocycles. The largest absolute Gasteiger partial charge is 0.362 e. The molecule has 0 aromatic heterocycles. The van der Waals surface area contributed by atoms with Crippen LogP contribution in [0.4, 0.5) is 0 Å². The maximum absolute atomic E-state index is 6.23. The molecule has 1 aliphatic heterocycles. The van der Waals surface area contributed by atoms with Crippen molar-refractivity contribution in [3.05, 3.63) is 0 Å². The van der Waals surface area contributed by atoms with Crippen molar-refractivity contribution >= 4 is 11.6 Å². The molecule has 0 spiro atoms. The Morgan fingerprint density at radius 1 is 0.944 bits per heavy atom. The normalized spacial score (nSPS) is 27.8. The molecule has 0 radical (unpaired) electrons. The lowest BCUT2D eigenvalue weighted by Gasteiger charge is -2.18. The lowest BCUT2D eigenvalue weighted by molar-refractivity contribution is 0.148. The van der Waals surface area contributed by atoms with Gasteiger partial charge in [-0.2, -0.15) is 0 Å². The molecule has 0 amide bonds. The van der Waals surface area contributed by atoms with Crippen LogP contribution in [0, 0.1) is 11.8 Å². The third-order valence-corrected chi connectivity index (χ3v) is 4.78. The van der Waals surface area contributed by atoms with Crippen LogP contribution in [0.3, 0.4) is 0 Å². The summed E-state index contributed by atoms with van der Waals surface area (Å²) >= 11 is 6.23. The number of unbranched alkanes of at least 4 members (excludes halogenated alkanes) is 7. The molecule has 0 aliphatic carbocycles. The Bertz CT molecular complexity index is 196. The van der Waals surface area contributed by atoms with Crippen LogP contribution in [0.2, 0.25) is 0 Å². The van der Waals surface area contributed by atoms with Crippen LogP contribution in [-0.4, -0.2) is 12.2 Å². The van der Waals surface area contributed by atoms with Gasteiger partial charge in [-0.05, 0) is 12.3 Å². The van der Waals surface area contributed by atoms with Gasteiger partial charge < -0.3 is 4.74 Å². The fourth-order valence-electron chi connectivity index (χ4n) is 2.98. The predicted octanol–water partition coefficient (Wildman–Crippen LogP) is 5.75. The molecule has 1 fully saturated rings. The van der Waals surface area contributed by atoms with Gasteiger partial charge in [-0.3, -0.25) is 0 Å². The Labute approximate surface area is 119 Å². The van der Waals surface area contributed by atoms with Crippen LogP contribution < -0.4 is 0 Å². The quantitative estimate of drug-likeness (QED) is 0.364. The van der Waals surface area contributed by atoms with E-state index in [1.807, 2.05) is 0 Å². The second-order valence-electron chi connectivity index (χ2n) is 5.78. The minimum absolute atomic E-state index is 0.0143. The first-order chi connectivity index (χ1) is 8.79. The average Bonchev–Trinajstić information content (AvgIpc) is 2.73. The topological polar surface area (TPSA) is 9.23 Å². The number of halogens is 1. The molecule has 0 aromatic rings. The van der Waals surface area contributed by atoms with E-state index in [0.29, 0.717) is 11.8 Å². The van der Waals surface area contributed by atoms with Gasteiger partial charge in [0, 0.05) is 5.92 Å². The summed E-state index contributed by atoms with van der Waals surface area (Å²) in [5.74, 6) is 1.31. The first kappa shape index (κ1) is 16.3. The van der Waals surface area contributed by atoms with Gasteiger partial charge in [0.1, 0.15) is 5.56 Å². The van der Waals surface area contributed by atoms with E-state index in [4.69, 9.17) is 16.3 Å². The zero-order chi connectivity index (χ0) is 13.2. The molecule has 0 bridgehead atoms. The highest BCUT2D eigenvalue weighted by atomic mass is 35.5. The first-order valence-electron chi connectivity index (χ1n) is 8.05. The summed E-state index contributed by atoms with van der Waals surface area (Å²) in [4.78, 5) is 0. The highest BCUT2D eigenvalue weighted by molar-refractivity contribution is 6.20. The summed E-state index contributed by atoms with van der Waals surface area (Å²) in [5.41, 5.74) is -0.0143. The van der Waals surface area contributed by atoms with E-state index in [-0.39, 0.29) is 5.56 Å². The van der Waals surface area contributed by atoms with Crippen molar-refractivity contribution in [2.45, 2.75) is 83.6 Å². The van der Waals surface area contributed by atoms with E-state index >= 15 is 0 Å². The number of alkyl halides is 1. The molecule has 1 saturated heterocycles. The lowest BCUT2D eigenvalue weighted by Crippen LogP contribution is -2.15. The van der Waals surface area contributed by atoms with Crippen molar-refractivity contribution < 1.29 is 4.74 Å². The summed E-state index contributed by atoms with van der Waals surface area (Å²) in [6.07, 6.45) is 13.6. The van der Waals surface area contributed by atoms with Gasteiger partial charge in [-0.15, -0.1) is 0 Å². The average molecular weight is 275 g/mol. The highest BCUT2D eigenvalue weighted by Crippen LogP contribution is 2.35. The molecule has 108 valence electrons. The molecule has 1 rings (SSSR count). The zero-order valence-corrected chi connectivity index (χ0v) is 13.1. The molecule has 1 nitrogen and oxygen atoms in total. The van der Waals surface area contributed by atoms with Crippen molar-refractivity contribution in [1.82, 2.24) is 0 Å². The Kier molecular flexibility index (Phi) is 9.14. The maximum atomic E-state index is 6.23. The molecule has 18 heavy (non-hydrogen) atoms. The van der Waals surface area contributed by atoms with Crippen LogP contribution in [0.1, 0.15) is 78.1 Å². The molecule has 3 unspecified atom stereocenters. The molecule has 1 heterocycles. The Hall–Kier alpha value is 0.250. The van der Waals surface area contributed by atoms with Crippen molar-refractivity contribution in [2.75, 3.05) is 6.61 Å². The summed E-state index contributed by atoms with van der Waals surface area (Å²) in [6.45, 7) is 5.41. The fraction of sp³-hybridized carbons (Fsp3) is 1.00. The Balaban J connectivity index is 1.96. The number of rotatable bonds is 10. The monoisotopic (exact) mass is 274 g/mol. The molecule has 2 heteroatoms. The number of hydrogen-bond donors (Lipinski definition) is 0. The van der Waals surface area contributed by atoms with E-state index in [9.17, 15) is 0 Å². The van der Waals surface area contributed by atoms with Crippen molar-refractivity contribution in [3.8, 4) is 0 Å². The zero-order valence-electron chi connectivity index (χ0n) is 12.3. The summed E-state index contributed by atoms with van der Waals surface area (Å²) in [7, 11) is 0. The van der Waals surface area contributed by atoms with Gasteiger partial charge in [0.25, 0.3) is 0 Å². The smallest absolute Gasteiger partial charge is 0.134 e. The van der Waals surface area contributed by atoms with Crippen LogP contribution in [0.15, 0.2) is 0 Å². The Morgan fingerprint density at radius 3 is 2.17 bits per heavy atom. The van der Waals surface area contributed by atoms with Crippen molar-refractivity contribution in [2.24, 2.45) is 11.8 Å². The van der Waals surface area contributed by atoms with Gasteiger partial charge in [-0.1, -0.05) is 83.2 Å². The minimum atomic E-state index is -0.0143. The van der Waals surface area contributed by atoms with Gasteiger partial charge in [-0.25, -0.2) is 0 Å². The van der Waals surface area contributed by atoms with Gasteiger partial charge in [0.15, 0.2) is 0 Å². The van der Waals surface area contributed by atoms with E-state index in [1.165, 1.54) is 64.2 Å². The summed E-state index contributed by atoms with van der Waals surface area (Å²) in [6, 6.07) is 0. The molecule has 0 saturated carbocycles. The van der Waals surface area contributed by atoms with Gasteiger partial charge in [0.2, 0.25) is 0 Å². The predicted molar refractivity (Wildman–Crippen MR) is 80.1 cm³/mol. The maximum Gasteiger partial charge on any atom is 0.134 e. The molecular weight excluding hydrogens is 244 g/mol. The lowest BCUT2D eigenvalue weighted by atomic mass is 9.88. The van der Waals surface area contributed by atoms with Crippen LogP contribution in [0.5, 0.6) is 0 Å². The van der Waals surface area contributed by atoms with Crippen molar-refractivity contribution in [3.63, 3.8) is 0 Å². The van der Waals surface area contributed by atoms with Gasteiger partial charge in [0.05, 0.1) is 6.61 Å². The molecule has 0 N–H and O–H groups in total. The van der Waals surface area contributed by atoms with E-state index in [2.05, 4.69) is 13.8 Å². The Morgan fingerprint density at radius 2 is 1.56 bits per heavy atom. The highest BCUT2D eigenvalue weighted by Gasteiger charge is 2.33. The SMILES string of the molecule is CCCCCCCCCCC1C(CC)COC1Cl. The van der Waals surface area contributed by atoms with E-state index < -0.39 is 0 Å². The molecule has 1 aliphatic rings. The van der Waals surface area contributed by atoms with Crippen LogP contribution >= 0.6 is 11.6 Å². The fourth-order valence-corrected chi connectivity index (χ4v) is 3.38. The summed E-state index contributed by atoms with van der Waals surface area (Å²) < 4.78 is 5.56. The number of hydrogen-bond acceptors (Lipinski definition) is 1. The number of ether oxygens (including phenoxy) is 1. The third kappa shape index (κ3) is 5.93. The van der Waals surface area contributed by atoms with Crippen LogP contribution in [0.25, 0.3) is 0 Å². The minimum Gasteiger partial charge on any atom is -0.362 e. The van der Waals surface area contributed by atoms with E-state index in [0.717, 1.165) is 6.61 Å². The van der Waals surface area contributed by atoms with Crippen LogP contribution in [-0.2, 0) is 4.74 Å². The van der Waals surface area contributed by atoms with Gasteiger partial charge >= 0.3 is 0 Å². The first-order valence-corrected chi connectivity index (χ1v) is 8.48. The van der Waals surface area contributed by atoms with Crippen molar-refractivity contribution in [1.29, 1.82) is 0 Å². The standard InChI is InChI=1S/C16H31ClO/c1-3-5-6-7-8-9-10-11-12-15-14(4-2)13-18-16(15)17/h14-16H,3-13H2,1-2H3. The second-order valence-corrected chi connectivity index (χ2v) is 6.21. The third-order valence-electron chi connectivity index (χ3n) is 4.33. The summed E-state index contributed by atoms with van der Waals surface area (Å²) in [5, 5.41) is 0. The molecular formula is C16H31ClO. The molecule has 3 atom stereocenters. The van der Waals surface area contributed by atoms with E-state index in [1.54, 1.807) is 0 Å².